The molecule has 0 spiro atoms. The fourth-order valence-electron chi connectivity index (χ4n) is 11.3. The lowest BCUT2D eigenvalue weighted by Crippen LogP contribution is -2.66. The number of hydrogen-bond acceptors (Lipinski definition) is 18. The lowest BCUT2D eigenvalue weighted by molar-refractivity contribution is -0.379. The number of aliphatic hydroxyl groups excluding tert-OH is 11. The van der Waals surface area contributed by atoms with Gasteiger partial charge >= 0.3 is 0 Å². The van der Waals surface area contributed by atoms with Crippen molar-refractivity contribution in [3.05, 3.63) is 24.3 Å². The number of amides is 1. The highest BCUT2D eigenvalue weighted by molar-refractivity contribution is 5.76. The van der Waals surface area contributed by atoms with Crippen LogP contribution in [0.2, 0.25) is 0 Å². The SMILES string of the molecule is CCCCCCCCCCCCCCCCCCCCCCC/C=C/CC/C=C/C(O)C(COC1OC(CO)C(OC2OC(CO)C(OC3OC(CO)C(O)C(O)C3O)C(O)C2O)C(O)C1O)NC(=O)CCCCCCCCCCCCC. The maximum atomic E-state index is 13.3. The summed E-state index contributed by atoms with van der Waals surface area (Å²) in [6.07, 6.45) is 24.7. The lowest BCUT2D eigenvalue weighted by Gasteiger charge is -2.48. The van der Waals surface area contributed by atoms with Gasteiger partial charge in [0.15, 0.2) is 18.9 Å². The van der Waals surface area contributed by atoms with Crippen molar-refractivity contribution in [1.29, 1.82) is 0 Å². The quantitative estimate of drug-likeness (QED) is 0.0207. The average Bonchev–Trinajstić information content (AvgIpc) is 3.69. The standard InChI is InChI=1S/C64H119NO18/c1-3-5-7-9-11-13-15-16-17-18-19-20-21-22-23-24-25-26-27-28-29-30-32-33-35-37-39-41-48(69)47(65-52(70)42-40-38-36-34-31-14-12-10-8-6-4-2)46-78-62-58(76)55(73)60(50(44-67)80-62)83-64-59(77)56(74)61(51(45-68)81-64)82-63-57(75)54(72)53(71)49(43-66)79-63/h32-33,39,41,47-51,53-64,66-69,71-77H,3-31,34-38,40,42-46H2,1-2H3,(H,65,70)/b33-32+,41-39+. The van der Waals surface area contributed by atoms with Gasteiger partial charge in [-0.1, -0.05) is 231 Å². The Bertz CT molecular complexity index is 1610. The van der Waals surface area contributed by atoms with Crippen LogP contribution in [0.3, 0.4) is 0 Å². The van der Waals surface area contributed by atoms with Crippen molar-refractivity contribution in [3.8, 4) is 0 Å². The summed E-state index contributed by atoms with van der Waals surface area (Å²) < 4.78 is 34.2. The molecule has 3 rings (SSSR count). The van der Waals surface area contributed by atoms with Crippen molar-refractivity contribution in [2.45, 2.75) is 349 Å². The molecule has 17 atom stereocenters. The van der Waals surface area contributed by atoms with Gasteiger partial charge in [-0.15, -0.1) is 0 Å². The molecular formula is C64H119NO18. The Morgan fingerprint density at radius 3 is 1.20 bits per heavy atom. The predicted molar refractivity (Wildman–Crippen MR) is 319 cm³/mol. The highest BCUT2D eigenvalue weighted by Crippen LogP contribution is 2.33. The molecule has 0 aromatic carbocycles. The Labute approximate surface area is 498 Å². The van der Waals surface area contributed by atoms with Crippen molar-refractivity contribution in [2.24, 2.45) is 0 Å². The number of aliphatic hydroxyl groups is 11. The first kappa shape index (κ1) is 75.5. The van der Waals surface area contributed by atoms with Crippen LogP contribution >= 0.6 is 0 Å². The summed E-state index contributed by atoms with van der Waals surface area (Å²) in [6.45, 7) is 1.71. The fraction of sp³-hybridized carbons (Fsp3) is 0.922. The van der Waals surface area contributed by atoms with Crippen LogP contribution in [0, 0.1) is 0 Å². The molecule has 3 heterocycles. The summed E-state index contributed by atoms with van der Waals surface area (Å²) in [7, 11) is 0. The minimum absolute atomic E-state index is 0.239. The van der Waals surface area contributed by atoms with Gasteiger partial charge in [0.05, 0.1) is 38.6 Å². The second kappa shape index (κ2) is 47.3. The summed E-state index contributed by atoms with van der Waals surface area (Å²) in [5.41, 5.74) is 0. The summed E-state index contributed by atoms with van der Waals surface area (Å²) in [5.74, 6) is -0.285. The number of nitrogens with one attached hydrogen (secondary N) is 1. The molecule has 83 heavy (non-hydrogen) atoms. The van der Waals surface area contributed by atoms with Crippen molar-refractivity contribution in [3.63, 3.8) is 0 Å². The Balaban J connectivity index is 1.43. The van der Waals surface area contributed by atoms with E-state index >= 15 is 0 Å². The molecule has 3 fully saturated rings. The molecule has 12 N–H and O–H groups in total. The smallest absolute Gasteiger partial charge is 0.220 e. The van der Waals surface area contributed by atoms with Gasteiger partial charge in [0, 0.05) is 6.42 Å². The van der Waals surface area contributed by atoms with E-state index in [1.807, 2.05) is 6.08 Å². The molecule has 3 aliphatic rings. The van der Waals surface area contributed by atoms with Crippen LogP contribution in [0.4, 0.5) is 0 Å². The van der Waals surface area contributed by atoms with E-state index < -0.39 is 124 Å². The number of carbonyl (C=O) groups excluding carboxylic acids is 1. The number of allylic oxidation sites excluding steroid dienone is 3. The van der Waals surface area contributed by atoms with E-state index in [4.69, 9.17) is 28.4 Å². The van der Waals surface area contributed by atoms with Crippen LogP contribution in [-0.2, 0) is 33.2 Å². The highest BCUT2D eigenvalue weighted by atomic mass is 16.8. The monoisotopic (exact) mass is 1190 g/mol. The van der Waals surface area contributed by atoms with Crippen molar-refractivity contribution in [1.82, 2.24) is 5.32 Å². The molecule has 1 amide bonds. The lowest BCUT2D eigenvalue weighted by atomic mass is 9.96. The van der Waals surface area contributed by atoms with Gasteiger partial charge in [0.2, 0.25) is 5.91 Å². The zero-order valence-electron chi connectivity index (χ0n) is 51.2. The molecule has 0 bridgehead atoms. The van der Waals surface area contributed by atoms with Gasteiger partial charge in [0.25, 0.3) is 0 Å². The number of rotatable bonds is 50. The molecule has 488 valence electrons. The molecule has 0 radical (unpaired) electrons. The number of unbranched alkanes of at least 4 members (excludes halogenated alkanes) is 32. The molecule has 0 aromatic rings. The Morgan fingerprint density at radius 2 is 0.771 bits per heavy atom. The predicted octanol–water partition coefficient (Wildman–Crippen LogP) is 7.49. The first-order valence-electron chi connectivity index (χ1n) is 33.1. The molecule has 0 aromatic heterocycles. The minimum atomic E-state index is -1.98. The average molecular weight is 1190 g/mol. The molecule has 0 aliphatic carbocycles. The first-order chi connectivity index (χ1) is 40.3. The summed E-state index contributed by atoms with van der Waals surface area (Å²) in [6, 6.07) is -0.985. The van der Waals surface area contributed by atoms with E-state index in [0.717, 1.165) is 38.5 Å². The maximum Gasteiger partial charge on any atom is 0.220 e. The highest BCUT2D eigenvalue weighted by Gasteiger charge is 2.53. The third-order valence-corrected chi connectivity index (χ3v) is 16.8. The molecule has 3 aliphatic heterocycles. The molecule has 19 heteroatoms. The summed E-state index contributed by atoms with van der Waals surface area (Å²) in [4.78, 5) is 13.3. The van der Waals surface area contributed by atoms with Crippen LogP contribution in [0.1, 0.15) is 245 Å². The van der Waals surface area contributed by atoms with Gasteiger partial charge in [-0.2, -0.15) is 0 Å². The van der Waals surface area contributed by atoms with E-state index in [2.05, 4.69) is 31.3 Å². The van der Waals surface area contributed by atoms with Gasteiger partial charge in [-0.3, -0.25) is 4.79 Å². The molecule has 17 unspecified atom stereocenters. The van der Waals surface area contributed by atoms with Crippen molar-refractivity contribution >= 4 is 5.91 Å². The van der Waals surface area contributed by atoms with Gasteiger partial charge < -0.3 is 89.9 Å². The second-order valence-electron chi connectivity index (χ2n) is 23.9. The third-order valence-electron chi connectivity index (χ3n) is 16.8. The van der Waals surface area contributed by atoms with E-state index in [1.54, 1.807) is 6.08 Å². The summed E-state index contributed by atoms with van der Waals surface area (Å²) >= 11 is 0. The summed E-state index contributed by atoms with van der Waals surface area (Å²) in [5, 5.41) is 120. The number of hydrogen-bond donors (Lipinski definition) is 12. The molecular weight excluding hydrogens is 1070 g/mol. The molecule has 19 nitrogen and oxygen atoms in total. The van der Waals surface area contributed by atoms with Crippen LogP contribution in [0.15, 0.2) is 24.3 Å². The second-order valence-corrected chi connectivity index (χ2v) is 23.9. The zero-order valence-corrected chi connectivity index (χ0v) is 51.2. The third kappa shape index (κ3) is 30.4. The largest absolute Gasteiger partial charge is 0.394 e. The molecule has 3 saturated heterocycles. The van der Waals surface area contributed by atoms with Crippen molar-refractivity contribution in [2.75, 3.05) is 26.4 Å². The van der Waals surface area contributed by atoms with Gasteiger partial charge in [0.1, 0.15) is 73.2 Å². The van der Waals surface area contributed by atoms with E-state index in [-0.39, 0.29) is 18.9 Å². The van der Waals surface area contributed by atoms with E-state index in [0.29, 0.717) is 12.8 Å². The number of ether oxygens (including phenoxy) is 6. The fourth-order valence-corrected chi connectivity index (χ4v) is 11.3. The van der Waals surface area contributed by atoms with Crippen LogP contribution in [0.25, 0.3) is 0 Å². The van der Waals surface area contributed by atoms with Crippen molar-refractivity contribution < 1.29 is 89.4 Å². The van der Waals surface area contributed by atoms with Crippen LogP contribution < -0.4 is 5.32 Å². The van der Waals surface area contributed by atoms with Gasteiger partial charge in [-0.25, -0.2) is 0 Å². The van der Waals surface area contributed by atoms with Crippen LogP contribution in [0.5, 0.6) is 0 Å². The Kier molecular flexibility index (Phi) is 43.0. The Morgan fingerprint density at radius 1 is 0.422 bits per heavy atom. The first-order valence-corrected chi connectivity index (χ1v) is 33.1. The molecule has 0 saturated carbocycles. The van der Waals surface area contributed by atoms with E-state index in [1.165, 1.54) is 173 Å². The topological polar surface area (TPSA) is 307 Å². The normalized spacial score (nSPS) is 29.5. The Hall–Kier alpha value is -1.73. The minimum Gasteiger partial charge on any atom is -0.394 e. The zero-order chi connectivity index (χ0) is 60.5. The van der Waals surface area contributed by atoms with Gasteiger partial charge in [-0.05, 0) is 32.1 Å². The maximum absolute atomic E-state index is 13.3. The van der Waals surface area contributed by atoms with Crippen LogP contribution in [-0.4, -0.2) is 193 Å². The van der Waals surface area contributed by atoms with E-state index in [9.17, 15) is 61.0 Å². The number of carbonyl (C=O) groups is 1.